The number of carbonyl (C=O) groups excluding carboxylic acids is 1. The Morgan fingerprint density at radius 2 is 1.95 bits per heavy atom. The van der Waals surface area contributed by atoms with E-state index in [9.17, 15) is 9.90 Å². The average molecular weight is 310 g/mol. The molecule has 1 atom stereocenters. The van der Waals surface area contributed by atoms with Crippen molar-refractivity contribution < 1.29 is 24.1 Å². The van der Waals surface area contributed by atoms with Crippen LogP contribution < -0.4 is 14.8 Å². The highest BCUT2D eigenvalue weighted by atomic mass is 16.7. The van der Waals surface area contributed by atoms with E-state index in [1.165, 1.54) is 7.11 Å². The van der Waals surface area contributed by atoms with Crippen LogP contribution in [0, 0.1) is 0 Å². The summed E-state index contributed by atoms with van der Waals surface area (Å²) in [6.45, 7) is 1.45. The van der Waals surface area contributed by atoms with Gasteiger partial charge in [0.2, 0.25) is 0 Å². The molecule has 1 amide bonds. The molecule has 122 valence electrons. The third-order valence-corrected chi connectivity index (χ3v) is 3.56. The van der Waals surface area contributed by atoms with Gasteiger partial charge in [0.25, 0.3) is 6.41 Å². The van der Waals surface area contributed by atoms with Gasteiger partial charge in [0, 0.05) is 19.2 Å². The van der Waals surface area contributed by atoms with E-state index < -0.39 is 12.5 Å². The molecule has 0 spiro atoms. The van der Waals surface area contributed by atoms with Crippen molar-refractivity contribution in [1.82, 2.24) is 4.90 Å². The van der Waals surface area contributed by atoms with E-state index in [0.29, 0.717) is 17.2 Å². The minimum atomic E-state index is -1.23. The van der Waals surface area contributed by atoms with Gasteiger partial charge < -0.3 is 19.3 Å². The first-order valence-corrected chi connectivity index (χ1v) is 7.26. The number of benzene rings is 1. The maximum Gasteiger partial charge on any atom is 0.415 e. The van der Waals surface area contributed by atoms with E-state index in [1.807, 2.05) is 0 Å². The number of nitrogens with one attached hydrogen (secondary N) is 1. The predicted molar refractivity (Wildman–Crippen MR) is 81.1 cm³/mol. The molecule has 1 aliphatic rings. The number of hydrogen-bond donors (Lipinski definition) is 2. The third kappa shape index (κ3) is 4.25. The second kappa shape index (κ2) is 7.86. The molecular formula is C15H22N2O5. The van der Waals surface area contributed by atoms with E-state index in [0.717, 1.165) is 32.4 Å². The van der Waals surface area contributed by atoms with Crippen molar-refractivity contribution in [3.8, 4) is 11.5 Å². The number of nitrogens with zero attached hydrogens (tertiary/aromatic N) is 1. The molecule has 1 fully saturated rings. The number of carbonyl (C=O) groups is 1. The largest absolute Gasteiger partial charge is 0.497 e. The van der Waals surface area contributed by atoms with Crippen LogP contribution in [0.25, 0.3) is 0 Å². The number of aliphatic hydroxyl groups excluding tert-OH is 1. The summed E-state index contributed by atoms with van der Waals surface area (Å²) < 4.78 is 15.3. The maximum absolute atomic E-state index is 11.9. The highest BCUT2D eigenvalue weighted by molar-refractivity contribution is 5.87. The zero-order valence-electron chi connectivity index (χ0n) is 12.9. The van der Waals surface area contributed by atoms with Gasteiger partial charge in [-0.25, -0.2) is 9.69 Å². The summed E-state index contributed by atoms with van der Waals surface area (Å²) in [5.74, 6) is 1.06. The van der Waals surface area contributed by atoms with Crippen molar-refractivity contribution in [2.45, 2.75) is 25.7 Å². The van der Waals surface area contributed by atoms with Gasteiger partial charge in [-0.2, -0.15) is 0 Å². The van der Waals surface area contributed by atoms with Crippen LogP contribution in [-0.4, -0.2) is 49.8 Å². The second-order valence-electron chi connectivity index (χ2n) is 5.02. The summed E-state index contributed by atoms with van der Waals surface area (Å²) in [7, 11) is 3.04. The molecule has 1 heterocycles. The summed E-state index contributed by atoms with van der Waals surface area (Å²) in [5.41, 5.74) is 0.444. The van der Waals surface area contributed by atoms with E-state index in [-0.39, 0.29) is 0 Å². The molecule has 2 rings (SSSR count). The summed E-state index contributed by atoms with van der Waals surface area (Å²) in [4.78, 5) is 13.6. The lowest BCUT2D eigenvalue weighted by Crippen LogP contribution is -2.42. The highest BCUT2D eigenvalue weighted by Gasteiger charge is 2.22. The molecule has 1 aromatic carbocycles. The minimum Gasteiger partial charge on any atom is -0.497 e. The quantitative estimate of drug-likeness (QED) is 0.810. The van der Waals surface area contributed by atoms with Crippen molar-refractivity contribution in [3.05, 3.63) is 18.2 Å². The maximum atomic E-state index is 11.9. The Morgan fingerprint density at radius 3 is 2.59 bits per heavy atom. The number of likely N-dealkylation sites (tertiary alicyclic amines) is 1. The molecule has 0 aromatic heterocycles. The van der Waals surface area contributed by atoms with Crippen LogP contribution in [0.2, 0.25) is 0 Å². The molecule has 1 aromatic rings. The van der Waals surface area contributed by atoms with Crippen LogP contribution >= 0.6 is 0 Å². The molecule has 0 radical (unpaired) electrons. The van der Waals surface area contributed by atoms with Crippen molar-refractivity contribution in [3.63, 3.8) is 0 Å². The normalized spacial score (nSPS) is 16.7. The smallest absolute Gasteiger partial charge is 0.415 e. The lowest BCUT2D eigenvalue weighted by Gasteiger charge is -2.30. The second-order valence-corrected chi connectivity index (χ2v) is 5.02. The number of piperidine rings is 1. The number of aliphatic hydroxyl groups is 1. The summed E-state index contributed by atoms with van der Waals surface area (Å²) in [6, 6.07) is 4.99. The molecule has 2 N–H and O–H groups in total. The molecule has 22 heavy (non-hydrogen) atoms. The van der Waals surface area contributed by atoms with Crippen LogP contribution in [0.5, 0.6) is 11.5 Å². The lowest BCUT2D eigenvalue weighted by atomic mass is 10.1. The van der Waals surface area contributed by atoms with Gasteiger partial charge >= 0.3 is 6.09 Å². The molecule has 0 bridgehead atoms. The molecule has 7 heteroatoms. The summed E-state index contributed by atoms with van der Waals surface area (Å²) >= 11 is 0. The van der Waals surface area contributed by atoms with Crippen molar-refractivity contribution >= 4 is 11.8 Å². The molecule has 0 saturated carbocycles. The van der Waals surface area contributed by atoms with Gasteiger partial charge in [-0.05, 0) is 25.0 Å². The lowest BCUT2D eigenvalue weighted by molar-refractivity contribution is -0.158. The number of anilines is 1. The Morgan fingerprint density at radius 1 is 1.23 bits per heavy atom. The predicted octanol–water partition coefficient (Wildman–Crippen LogP) is 2.01. The van der Waals surface area contributed by atoms with Gasteiger partial charge in [-0.1, -0.05) is 6.42 Å². The Kier molecular flexibility index (Phi) is 5.85. The molecule has 0 aliphatic carbocycles. The average Bonchev–Trinajstić information content (AvgIpc) is 2.55. The standard InChI is InChI=1S/C15H22N2O5/c1-20-11-6-7-12(13(10-11)21-2)16-14(18)22-15(19)17-8-4-3-5-9-17/h6-7,10,15,19H,3-5,8-9H2,1-2H3,(H,16,18). The third-order valence-electron chi connectivity index (χ3n) is 3.56. The Labute approximate surface area is 129 Å². The van der Waals surface area contributed by atoms with Crippen molar-refractivity contribution in [1.29, 1.82) is 0 Å². The van der Waals surface area contributed by atoms with Crippen LogP contribution in [-0.2, 0) is 4.74 Å². The van der Waals surface area contributed by atoms with E-state index in [1.54, 1.807) is 30.2 Å². The molecule has 1 unspecified atom stereocenters. The summed E-state index contributed by atoms with van der Waals surface area (Å²) in [6.07, 6.45) is 1.16. The molecule has 7 nitrogen and oxygen atoms in total. The van der Waals surface area contributed by atoms with E-state index in [2.05, 4.69) is 5.32 Å². The van der Waals surface area contributed by atoms with Crippen LogP contribution in [0.15, 0.2) is 18.2 Å². The van der Waals surface area contributed by atoms with Crippen LogP contribution in [0.4, 0.5) is 10.5 Å². The van der Waals surface area contributed by atoms with Crippen LogP contribution in [0.3, 0.4) is 0 Å². The number of rotatable bonds is 5. The fourth-order valence-electron chi connectivity index (χ4n) is 2.35. The first-order valence-electron chi connectivity index (χ1n) is 7.26. The molecule has 1 saturated heterocycles. The van der Waals surface area contributed by atoms with Gasteiger partial charge in [-0.15, -0.1) is 0 Å². The number of amides is 1. The number of methoxy groups -OCH3 is 2. The van der Waals surface area contributed by atoms with E-state index in [4.69, 9.17) is 14.2 Å². The Hall–Kier alpha value is -1.99. The zero-order valence-corrected chi connectivity index (χ0v) is 12.9. The molecular weight excluding hydrogens is 288 g/mol. The SMILES string of the molecule is COc1ccc(NC(=O)OC(O)N2CCCCC2)c(OC)c1. The Balaban J connectivity index is 1.93. The highest BCUT2D eigenvalue weighted by Crippen LogP contribution is 2.29. The fourth-order valence-corrected chi connectivity index (χ4v) is 2.35. The van der Waals surface area contributed by atoms with Gasteiger partial charge in [0.05, 0.1) is 19.9 Å². The first kappa shape index (κ1) is 16.4. The number of ether oxygens (including phenoxy) is 3. The monoisotopic (exact) mass is 310 g/mol. The molecule has 1 aliphatic heterocycles. The number of hydrogen-bond acceptors (Lipinski definition) is 6. The van der Waals surface area contributed by atoms with E-state index >= 15 is 0 Å². The van der Waals surface area contributed by atoms with Gasteiger partial charge in [0.1, 0.15) is 11.5 Å². The fraction of sp³-hybridized carbons (Fsp3) is 0.533. The minimum absolute atomic E-state index is 0.444. The van der Waals surface area contributed by atoms with Gasteiger partial charge in [0.15, 0.2) is 0 Å². The van der Waals surface area contributed by atoms with Gasteiger partial charge in [-0.3, -0.25) is 5.32 Å². The van der Waals surface area contributed by atoms with Crippen LogP contribution in [0.1, 0.15) is 19.3 Å². The first-order chi connectivity index (χ1) is 10.6. The van der Waals surface area contributed by atoms with Crippen molar-refractivity contribution in [2.75, 3.05) is 32.6 Å². The topological polar surface area (TPSA) is 80.3 Å². The zero-order chi connectivity index (χ0) is 15.9. The van der Waals surface area contributed by atoms with Crippen molar-refractivity contribution in [2.24, 2.45) is 0 Å². The summed E-state index contributed by atoms with van der Waals surface area (Å²) in [5, 5.41) is 12.5. The Bertz CT molecular complexity index is 503.